The number of carbonyl (C=O) groups is 4. The Morgan fingerprint density at radius 1 is 1.06 bits per heavy atom. The Labute approximate surface area is 275 Å². The first-order valence-electron chi connectivity index (χ1n) is 16.2. The SMILES string of the molecule is CC(C)[C@@H]1NC(=O)C(C)(C)/C=C/c2ccc3ccc(nc3c2)[C@@H](C)OC(=O)[C@@H]2CCCN(N2)C(=O)[C@@H](C(C)(C)n2cccn2)NC1=O. The lowest BCUT2D eigenvalue weighted by Gasteiger charge is -2.40. The van der Waals surface area contributed by atoms with Gasteiger partial charge in [-0.25, -0.2) is 10.4 Å². The highest BCUT2D eigenvalue weighted by Crippen LogP contribution is 2.26. The molecule has 3 amide bonds. The number of cyclic esters (lactones) is 1. The Bertz CT molecular complexity index is 1680. The quantitative estimate of drug-likeness (QED) is 0.367. The zero-order chi connectivity index (χ0) is 34.1. The van der Waals surface area contributed by atoms with Crippen LogP contribution in [0.1, 0.15) is 78.7 Å². The number of rotatable bonds is 3. The number of nitrogens with one attached hydrogen (secondary N) is 3. The van der Waals surface area contributed by atoms with Gasteiger partial charge in [-0.3, -0.25) is 28.9 Å². The molecule has 12 heteroatoms. The highest BCUT2D eigenvalue weighted by atomic mass is 16.5. The Balaban J connectivity index is 1.56. The molecule has 1 fully saturated rings. The number of ether oxygens (including phenoxy) is 1. The first kappa shape index (κ1) is 33.8. The molecule has 1 aromatic carbocycles. The average molecular weight is 644 g/mol. The highest BCUT2D eigenvalue weighted by molar-refractivity contribution is 5.94. The van der Waals surface area contributed by atoms with Gasteiger partial charge >= 0.3 is 5.97 Å². The first-order chi connectivity index (χ1) is 22.2. The van der Waals surface area contributed by atoms with E-state index < -0.39 is 53.0 Å². The van der Waals surface area contributed by atoms with Crippen LogP contribution in [0.15, 0.2) is 54.9 Å². The van der Waals surface area contributed by atoms with E-state index >= 15 is 0 Å². The number of hydrogen-bond acceptors (Lipinski definition) is 8. The molecule has 4 atom stereocenters. The molecule has 0 saturated carbocycles. The molecule has 4 heterocycles. The summed E-state index contributed by atoms with van der Waals surface area (Å²) in [5.74, 6) is -2.09. The Morgan fingerprint density at radius 3 is 2.51 bits per heavy atom. The van der Waals surface area contributed by atoms with Gasteiger partial charge in [-0.1, -0.05) is 44.2 Å². The van der Waals surface area contributed by atoms with Gasteiger partial charge in [0.15, 0.2) is 0 Å². The summed E-state index contributed by atoms with van der Waals surface area (Å²) in [7, 11) is 0. The lowest BCUT2D eigenvalue weighted by atomic mass is 9.89. The minimum Gasteiger partial charge on any atom is -0.455 e. The summed E-state index contributed by atoms with van der Waals surface area (Å²) in [5, 5.41) is 12.5. The number of carbonyl (C=O) groups excluding carboxylic acids is 4. The number of nitrogens with zero attached hydrogens (tertiary/aromatic N) is 4. The summed E-state index contributed by atoms with van der Waals surface area (Å²) in [5.41, 5.74) is 3.20. The third-order valence-electron chi connectivity index (χ3n) is 9.03. The molecule has 3 aromatic rings. The number of amides is 3. The van der Waals surface area contributed by atoms with Crippen LogP contribution in [0, 0.1) is 11.3 Å². The molecule has 250 valence electrons. The van der Waals surface area contributed by atoms with Crippen LogP contribution < -0.4 is 16.1 Å². The predicted octanol–water partition coefficient (Wildman–Crippen LogP) is 3.65. The second-order valence-electron chi connectivity index (χ2n) is 13.9. The predicted molar refractivity (Wildman–Crippen MR) is 177 cm³/mol. The second-order valence-corrected chi connectivity index (χ2v) is 13.9. The summed E-state index contributed by atoms with van der Waals surface area (Å²) >= 11 is 0. The summed E-state index contributed by atoms with van der Waals surface area (Å²) in [4.78, 5) is 60.1. The van der Waals surface area contributed by atoms with Gasteiger partial charge in [-0.15, -0.1) is 0 Å². The number of pyridine rings is 1. The molecule has 5 bridgehead atoms. The fraction of sp³-hybridized carbons (Fsp3) is 0.486. The van der Waals surface area contributed by atoms with Gasteiger partial charge in [0, 0.05) is 24.3 Å². The van der Waals surface area contributed by atoms with E-state index in [9.17, 15) is 19.2 Å². The normalized spacial score (nSPS) is 25.3. The van der Waals surface area contributed by atoms with Crippen LogP contribution in [0.25, 0.3) is 17.0 Å². The van der Waals surface area contributed by atoms with Crippen molar-refractivity contribution in [3.8, 4) is 0 Å². The van der Waals surface area contributed by atoms with Gasteiger partial charge in [0.25, 0.3) is 5.91 Å². The molecular formula is C35H45N7O5. The minimum absolute atomic E-state index is 0.293. The zero-order valence-electron chi connectivity index (χ0n) is 28.1. The second kappa shape index (κ2) is 13.3. The lowest BCUT2D eigenvalue weighted by molar-refractivity contribution is -0.158. The number of hydrazine groups is 1. The van der Waals surface area contributed by atoms with Crippen molar-refractivity contribution in [1.82, 2.24) is 35.8 Å². The number of aromatic nitrogens is 3. The molecule has 12 nitrogen and oxygen atoms in total. The smallest absolute Gasteiger partial charge is 0.325 e. The van der Waals surface area contributed by atoms with Crippen LogP contribution in [0.4, 0.5) is 0 Å². The van der Waals surface area contributed by atoms with E-state index in [1.54, 1.807) is 63.8 Å². The minimum atomic E-state index is -1.11. The molecule has 47 heavy (non-hydrogen) atoms. The molecule has 1 saturated heterocycles. The maximum Gasteiger partial charge on any atom is 0.325 e. The largest absolute Gasteiger partial charge is 0.455 e. The van der Waals surface area contributed by atoms with Crippen molar-refractivity contribution in [2.75, 3.05) is 6.54 Å². The van der Waals surface area contributed by atoms with E-state index in [0.29, 0.717) is 25.1 Å². The molecule has 2 aromatic heterocycles. The summed E-state index contributed by atoms with van der Waals surface area (Å²) in [6.07, 6.45) is 7.33. The van der Waals surface area contributed by atoms with Crippen molar-refractivity contribution in [2.45, 2.75) is 91.1 Å². The number of fused-ring (bicyclic) bond motifs is 4. The summed E-state index contributed by atoms with van der Waals surface area (Å²) in [6, 6.07) is 8.48. The van der Waals surface area contributed by atoms with E-state index in [0.717, 1.165) is 16.5 Å². The fourth-order valence-electron chi connectivity index (χ4n) is 5.82. The Hall–Kier alpha value is -4.58. The molecule has 0 aliphatic carbocycles. The first-order valence-corrected chi connectivity index (χ1v) is 16.2. The van der Waals surface area contributed by atoms with Crippen molar-refractivity contribution >= 4 is 40.7 Å². The van der Waals surface area contributed by atoms with Crippen molar-refractivity contribution < 1.29 is 23.9 Å². The highest BCUT2D eigenvalue weighted by Gasteiger charge is 2.44. The van der Waals surface area contributed by atoms with Gasteiger partial charge in [-0.2, -0.15) is 5.10 Å². The molecule has 0 spiro atoms. The van der Waals surface area contributed by atoms with Gasteiger partial charge in [0.05, 0.1) is 22.2 Å². The van der Waals surface area contributed by atoms with Gasteiger partial charge < -0.3 is 15.4 Å². The van der Waals surface area contributed by atoms with Crippen molar-refractivity contribution in [3.63, 3.8) is 0 Å². The van der Waals surface area contributed by atoms with Crippen LogP contribution in [0.5, 0.6) is 0 Å². The van der Waals surface area contributed by atoms with E-state index in [-0.39, 0.29) is 11.8 Å². The van der Waals surface area contributed by atoms with E-state index in [2.05, 4.69) is 21.2 Å². The summed E-state index contributed by atoms with van der Waals surface area (Å²) < 4.78 is 7.47. The third-order valence-corrected chi connectivity index (χ3v) is 9.03. The van der Waals surface area contributed by atoms with Crippen molar-refractivity contribution in [1.29, 1.82) is 0 Å². The van der Waals surface area contributed by atoms with E-state index in [1.807, 2.05) is 50.3 Å². The van der Waals surface area contributed by atoms with Gasteiger partial charge in [-0.05, 0) is 77.1 Å². The van der Waals surface area contributed by atoms with Gasteiger partial charge in [0.1, 0.15) is 24.2 Å². The van der Waals surface area contributed by atoms with E-state index in [1.165, 1.54) is 5.01 Å². The molecule has 0 unspecified atom stereocenters. The van der Waals surface area contributed by atoms with Crippen LogP contribution >= 0.6 is 0 Å². The number of benzene rings is 1. The topological polar surface area (TPSA) is 148 Å². The van der Waals surface area contributed by atoms with Crippen LogP contribution in [-0.2, 0) is 29.5 Å². The molecule has 2 aliphatic heterocycles. The summed E-state index contributed by atoms with van der Waals surface area (Å²) in [6.45, 7) is 12.9. The molecule has 0 radical (unpaired) electrons. The Kier molecular flexibility index (Phi) is 9.53. The fourth-order valence-corrected chi connectivity index (χ4v) is 5.82. The standard InChI is InChI=1S/C35H45N7O5/c1-21(2)28-30(43)39-29(35(6,7)42-19-9-17-36-42)31(44)41-18-8-10-26(40-41)32(45)47-22(3)25-14-13-24-12-11-23(20-27(24)37-25)15-16-34(4,5)33(46)38-28/h9,11-17,19-22,26,28-29,40H,8,10,18H2,1-7H3,(H,38,46)(H,39,43)/b16-15+/t22-,26+,28+,29+/m1/s1. The van der Waals surface area contributed by atoms with Crippen LogP contribution in [-0.4, -0.2) is 68.1 Å². The molecule has 2 aliphatic rings. The van der Waals surface area contributed by atoms with Gasteiger partial charge in [0.2, 0.25) is 11.8 Å². The molecule has 3 N–H and O–H groups in total. The molecule has 5 rings (SSSR count). The van der Waals surface area contributed by atoms with E-state index in [4.69, 9.17) is 9.72 Å². The van der Waals surface area contributed by atoms with Crippen LogP contribution in [0.2, 0.25) is 0 Å². The Morgan fingerprint density at radius 2 is 1.81 bits per heavy atom. The van der Waals surface area contributed by atoms with Crippen molar-refractivity contribution in [2.24, 2.45) is 11.3 Å². The maximum absolute atomic E-state index is 14.3. The number of hydrogen-bond donors (Lipinski definition) is 3. The van der Waals surface area contributed by atoms with Crippen LogP contribution in [0.3, 0.4) is 0 Å². The zero-order valence-corrected chi connectivity index (χ0v) is 28.1. The molecular weight excluding hydrogens is 598 g/mol. The third kappa shape index (κ3) is 7.22. The average Bonchev–Trinajstić information content (AvgIpc) is 3.60. The number of esters is 1. The maximum atomic E-state index is 14.3. The lowest BCUT2D eigenvalue weighted by Crippen LogP contribution is -2.66. The monoisotopic (exact) mass is 643 g/mol. The van der Waals surface area contributed by atoms with Crippen molar-refractivity contribution in [3.05, 3.63) is 66.1 Å².